The summed E-state index contributed by atoms with van der Waals surface area (Å²) < 4.78 is 0. The van der Waals surface area contributed by atoms with E-state index in [1.165, 1.54) is 64.2 Å². The average molecular weight is 443 g/mol. The van der Waals surface area contributed by atoms with Crippen LogP contribution in [-0.4, -0.2) is 11.2 Å². The van der Waals surface area contributed by atoms with E-state index in [0.717, 1.165) is 36.0 Å². The van der Waals surface area contributed by atoms with Gasteiger partial charge in [-0.05, 0) is 136 Å². The molecule has 0 spiro atoms. The van der Waals surface area contributed by atoms with Crippen molar-refractivity contribution in [3.63, 3.8) is 0 Å². The maximum atomic E-state index is 10.6. The molecule has 4 aliphatic rings. The fraction of sp³-hybridized carbons (Fsp3) is 0.935. The van der Waals surface area contributed by atoms with Gasteiger partial charge in [-0.2, -0.15) is 0 Å². The summed E-state index contributed by atoms with van der Waals surface area (Å²) in [5, 5.41) is 10.6. The van der Waals surface area contributed by atoms with Crippen LogP contribution in [0.5, 0.6) is 0 Å². The third-order valence-electron chi connectivity index (χ3n) is 12.8. The normalized spacial score (nSPS) is 49.0. The molecule has 0 bridgehead atoms. The van der Waals surface area contributed by atoms with E-state index in [4.69, 9.17) is 0 Å². The van der Waals surface area contributed by atoms with Gasteiger partial charge in [-0.1, -0.05) is 52.7 Å². The highest BCUT2D eigenvalue weighted by atomic mass is 16.3. The van der Waals surface area contributed by atoms with Gasteiger partial charge in [0.25, 0.3) is 0 Å². The van der Waals surface area contributed by atoms with Gasteiger partial charge >= 0.3 is 0 Å². The summed E-state index contributed by atoms with van der Waals surface area (Å²) in [6.45, 7) is 20.0. The summed E-state index contributed by atoms with van der Waals surface area (Å²) in [5.41, 5.74) is 4.76. The molecule has 0 aliphatic heterocycles. The molecular formula is C31H54O. The molecule has 4 saturated carbocycles. The van der Waals surface area contributed by atoms with E-state index < -0.39 is 0 Å². The van der Waals surface area contributed by atoms with Crippen LogP contribution in [0.1, 0.15) is 126 Å². The number of aliphatic hydroxyl groups excluding tert-OH is 1. The predicted octanol–water partition coefficient (Wildman–Crippen LogP) is 8.81. The Morgan fingerprint density at radius 2 is 1.53 bits per heavy atom. The van der Waals surface area contributed by atoms with Crippen LogP contribution in [0.4, 0.5) is 0 Å². The van der Waals surface area contributed by atoms with Crippen LogP contribution >= 0.6 is 0 Å². The molecule has 4 rings (SSSR count). The van der Waals surface area contributed by atoms with Crippen molar-refractivity contribution in [3.8, 4) is 0 Å². The SMILES string of the molecule is CCC(CC[C@@H](C)[C@H]1CC[C@@]2(C)[C@@H]3CC[C@H]4[C@H](C)[C@@H](O)CC[C@]4(C)[C@H]3CC[C@]12C)=C(C)C. The first-order valence-corrected chi connectivity index (χ1v) is 14.3. The quantitative estimate of drug-likeness (QED) is 0.422. The summed E-state index contributed by atoms with van der Waals surface area (Å²) >= 11 is 0. The first-order valence-electron chi connectivity index (χ1n) is 14.3. The second-order valence-electron chi connectivity index (χ2n) is 13.9. The maximum absolute atomic E-state index is 10.6. The number of allylic oxidation sites excluding steroid dienone is 2. The number of hydrogen-bond acceptors (Lipinski definition) is 1. The van der Waals surface area contributed by atoms with Crippen molar-refractivity contribution in [1.29, 1.82) is 0 Å². The van der Waals surface area contributed by atoms with Crippen LogP contribution in [0.3, 0.4) is 0 Å². The lowest BCUT2D eigenvalue weighted by atomic mass is 9.39. The molecule has 0 heterocycles. The van der Waals surface area contributed by atoms with Crippen LogP contribution in [0, 0.1) is 51.8 Å². The minimum absolute atomic E-state index is 0.0559. The Labute approximate surface area is 200 Å². The van der Waals surface area contributed by atoms with Crippen LogP contribution in [0.25, 0.3) is 0 Å². The second-order valence-corrected chi connectivity index (χ2v) is 13.9. The van der Waals surface area contributed by atoms with E-state index >= 15 is 0 Å². The minimum atomic E-state index is -0.0559. The molecule has 0 amide bonds. The summed E-state index contributed by atoms with van der Waals surface area (Å²) in [6.07, 6.45) is 14.8. The Balaban J connectivity index is 1.54. The van der Waals surface area contributed by atoms with Gasteiger partial charge in [0.1, 0.15) is 0 Å². The van der Waals surface area contributed by atoms with Gasteiger partial charge in [0.15, 0.2) is 0 Å². The van der Waals surface area contributed by atoms with Gasteiger partial charge < -0.3 is 5.11 Å². The third-order valence-corrected chi connectivity index (χ3v) is 12.8. The van der Waals surface area contributed by atoms with Crippen molar-refractivity contribution in [1.82, 2.24) is 0 Å². The molecule has 0 aromatic carbocycles. The number of fused-ring (bicyclic) bond motifs is 5. The molecule has 1 N–H and O–H groups in total. The van der Waals surface area contributed by atoms with Crippen molar-refractivity contribution in [2.24, 2.45) is 51.8 Å². The van der Waals surface area contributed by atoms with Crippen molar-refractivity contribution < 1.29 is 5.11 Å². The van der Waals surface area contributed by atoms with Crippen molar-refractivity contribution in [3.05, 3.63) is 11.1 Å². The predicted molar refractivity (Wildman–Crippen MR) is 137 cm³/mol. The number of hydrogen-bond donors (Lipinski definition) is 1. The molecule has 0 aromatic rings. The third kappa shape index (κ3) is 3.58. The molecule has 4 aliphatic carbocycles. The molecule has 0 radical (unpaired) electrons. The van der Waals surface area contributed by atoms with E-state index in [0.29, 0.717) is 22.2 Å². The summed E-state index contributed by atoms with van der Waals surface area (Å²) in [5.74, 6) is 4.78. The highest BCUT2D eigenvalue weighted by Crippen LogP contribution is 2.73. The van der Waals surface area contributed by atoms with E-state index in [1.807, 2.05) is 0 Å². The minimum Gasteiger partial charge on any atom is -0.393 e. The lowest BCUT2D eigenvalue weighted by molar-refractivity contribution is -0.179. The molecule has 184 valence electrons. The zero-order valence-corrected chi connectivity index (χ0v) is 22.8. The molecule has 0 unspecified atom stereocenters. The largest absolute Gasteiger partial charge is 0.393 e. The van der Waals surface area contributed by atoms with Crippen molar-refractivity contribution in [2.45, 2.75) is 132 Å². The topological polar surface area (TPSA) is 20.2 Å². The van der Waals surface area contributed by atoms with Crippen LogP contribution in [0.15, 0.2) is 11.1 Å². The van der Waals surface area contributed by atoms with Gasteiger partial charge in [-0.25, -0.2) is 0 Å². The summed E-state index contributed by atoms with van der Waals surface area (Å²) in [4.78, 5) is 0. The van der Waals surface area contributed by atoms with Gasteiger partial charge in [-0.3, -0.25) is 0 Å². The Bertz CT molecular complexity index is 718. The summed E-state index contributed by atoms with van der Waals surface area (Å²) in [7, 11) is 0. The summed E-state index contributed by atoms with van der Waals surface area (Å²) in [6, 6.07) is 0. The van der Waals surface area contributed by atoms with Gasteiger partial charge in [0.05, 0.1) is 6.10 Å². The molecule has 0 aromatic heterocycles. The maximum Gasteiger partial charge on any atom is 0.0568 e. The molecule has 0 saturated heterocycles. The Morgan fingerprint density at radius 1 is 0.875 bits per heavy atom. The highest BCUT2D eigenvalue weighted by Gasteiger charge is 2.66. The van der Waals surface area contributed by atoms with E-state index in [2.05, 4.69) is 55.4 Å². The highest BCUT2D eigenvalue weighted by molar-refractivity contribution is 5.16. The lowest BCUT2D eigenvalue weighted by Crippen LogP contribution is -2.59. The number of rotatable bonds is 5. The Hall–Kier alpha value is -0.300. The monoisotopic (exact) mass is 442 g/mol. The first-order chi connectivity index (χ1) is 15.0. The molecule has 1 heteroatoms. The van der Waals surface area contributed by atoms with Crippen molar-refractivity contribution >= 4 is 0 Å². The zero-order valence-electron chi connectivity index (χ0n) is 22.8. The van der Waals surface area contributed by atoms with Crippen LogP contribution in [-0.2, 0) is 0 Å². The van der Waals surface area contributed by atoms with Gasteiger partial charge in [0, 0.05) is 0 Å². The zero-order chi connectivity index (χ0) is 23.5. The standard InChI is InChI=1S/C31H54O/c1-9-23(20(2)3)11-10-21(4)24-14-18-31(8)27-13-12-25-22(5)28(32)16-17-29(25,6)26(27)15-19-30(24,31)7/h21-22,24-28,32H,9-19H2,1-8H3/t21-,22+,24-,25+,26+,27-,28+,29+,30-,31+/m1/s1. The first kappa shape index (κ1) is 24.8. The molecule has 1 nitrogen and oxygen atoms in total. The van der Waals surface area contributed by atoms with Gasteiger partial charge in [-0.15, -0.1) is 0 Å². The van der Waals surface area contributed by atoms with E-state index in [1.54, 1.807) is 11.1 Å². The Morgan fingerprint density at radius 3 is 2.19 bits per heavy atom. The van der Waals surface area contributed by atoms with Crippen LogP contribution in [0.2, 0.25) is 0 Å². The fourth-order valence-electron chi connectivity index (χ4n) is 10.5. The smallest absolute Gasteiger partial charge is 0.0568 e. The molecule has 10 atom stereocenters. The van der Waals surface area contributed by atoms with E-state index in [9.17, 15) is 5.11 Å². The molecule has 4 fully saturated rings. The van der Waals surface area contributed by atoms with Crippen molar-refractivity contribution in [2.75, 3.05) is 0 Å². The molecule has 32 heavy (non-hydrogen) atoms. The van der Waals surface area contributed by atoms with E-state index in [-0.39, 0.29) is 6.10 Å². The lowest BCUT2D eigenvalue weighted by Gasteiger charge is -2.66. The van der Waals surface area contributed by atoms with Crippen LogP contribution < -0.4 is 0 Å². The second kappa shape index (κ2) is 8.73. The Kier molecular flexibility index (Phi) is 6.77. The molecular weight excluding hydrogens is 388 g/mol. The fourth-order valence-corrected chi connectivity index (χ4v) is 10.5. The average Bonchev–Trinajstić information content (AvgIpc) is 3.02. The van der Waals surface area contributed by atoms with Gasteiger partial charge in [0.2, 0.25) is 0 Å². The number of aliphatic hydroxyl groups is 1.